The molecular formula is C18H21NO4. The number of carbonyl (C=O) groups excluding carboxylic acids is 1. The van der Waals surface area contributed by atoms with E-state index in [1.54, 1.807) is 0 Å². The van der Waals surface area contributed by atoms with Gasteiger partial charge in [0.15, 0.2) is 11.4 Å². The summed E-state index contributed by atoms with van der Waals surface area (Å²) in [5.41, 5.74) is 4.02. The summed E-state index contributed by atoms with van der Waals surface area (Å²) in [6.07, 6.45) is 1.55. The van der Waals surface area contributed by atoms with Crippen LogP contribution in [0.5, 0.6) is 0 Å². The van der Waals surface area contributed by atoms with E-state index in [1.807, 2.05) is 32.9 Å². The average Bonchev–Trinajstić information content (AvgIpc) is 2.98. The molecule has 1 unspecified atom stereocenters. The first-order chi connectivity index (χ1) is 10.9. The average molecular weight is 315 g/mol. The normalized spacial score (nSPS) is 25.6. The topological polar surface area (TPSA) is 68.1 Å². The number of hydrogen-bond donors (Lipinski definition) is 1. The SMILES string of the molecule is CO/N=C1/CCC2(C1)OC(=O)C(c1cc(C)c(C)cc1C)=C2O. The number of carbonyl (C=O) groups is 1. The van der Waals surface area contributed by atoms with Gasteiger partial charge in [0, 0.05) is 12.8 Å². The van der Waals surface area contributed by atoms with E-state index in [-0.39, 0.29) is 11.3 Å². The second kappa shape index (κ2) is 5.41. The number of nitrogens with zero attached hydrogens (tertiary/aromatic N) is 1. The van der Waals surface area contributed by atoms with Gasteiger partial charge in [0.1, 0.15) is 12.7 Å². The lowest BCUT2D eigenvalue weighted by molar-refractivity contribution is -0.145. The molecule has 1 fully saturated rings. The summed E-state index contributed by atoms with van der Waals surface area (Å²) in [5.74, 6) is -0.442. The summed E-state index contributed by atoms with van der Waals surface area (Å²) in [7, 11) is 1.48. The predicted octanol–water partition coefficient (Wildman–Crippen LogP) is 3.36. The Balaban J connectivity index is 2.08. The van der Waals surface area contributed by atoms with E-state index in [0.717, 1.165) is 28.0 Å². The molecular weight excluding hydrogens is 294 g/mol. The molecule has 1 saturated carbocycles. The minimum absolute atomic E-state index is 0.0233. The van der Waals surface area contributed by atoms with Gasteiger partial charge in [-0.25, -0.2) is 4.79 Å². The number of hydrogen-bond acceptors (Lipinski definition) is 5. The summed E-state index contributed by atoms with van der Waals surface area (Å²) >= 11 is 0. The summed E-state index contributed by atoms with van der Waals surface area (Å²) < 4.78 is 5.59. The fraction of sp³-hybridized carbons (Fsp3) is 0.444. The first-order valence-corrected chi connectivity index (χ1v) is 7.72. The third kappa shape index (κ3) is 2.40. The zero-order valence-electron chi connectivity index (χ0n) is 13.9. The van der Waals surface area contributed by atoms with E-state index in [0.29, 0.717) is 19.3 Å². The molecule has 5 nitrogen and oxygen atoms in total. The van der Waals surface area contributed by atoms with E-state index in [2.05, 4.69) is 5.16 Å². The highest BCUT2D eigenvalue weighted by atomic mass is 16.6. The summed E-state index contributed by atoms with van der Waals surface area (Å²) in [4.78, 5) is 17.2. The van der Waals surface area contributed by atoms with Crippen LogP contribution in [-0.2, 0) is 14.4 Å². The van der Waals surface area contributed by atoms with E-state index in [1.165, 1.54) is 7.11 Å². The van der Waals surface area contributed by atoms with Crippen molar-refractivity contribution in [2.45, 2.75) is 45.6 Å². The number of esters is 1. The molecule has 0 radical (unpaired) electrons. The Bertz CT molecular complexity index is 748. The van der Waals surface area contributed by atoms with Gasteiger partial charge in [-0.05, 0) is 49.4 Å². The second-order valence-corrected chi connectivity index (χ2v) is 6.38. The first-order valence-electron chi connectivity index (χ1n) is 7.72. The lowest BCUT2D eigenvalue weighted by atomic mass is 9.91. The molecule has 1 N–H and O–H groups in total. The van der Waals surface area contributed by atoms with Crippen LogP contribution < -0.4 is 0 Å². The van der Waals surface area contributed by atoms with Gasteiger partial charge in [-0.15, -0.1) is 0 Å². The summed E-state index contributed by atoms with van der Waals surface area (Å²) in [5, 5.41) is 14.7. The van der Waals surface area contributed by atoms with Crippen LogP contribution in [0.25, 0.3) is 5.57 Å². The maximum absolute atomic E-state index is 12.4. The van der Waals surface area contributed by atoms with Gasteiger partial charge in [-0.3, -0.25) is 0 Å². The van der Waals surface area contributed by atoms with Gasteiger partial charge in [0.05, 0.1) is 5.71 Å². The number of rotatable bonds is 2. The summed E-state index contributed by atoms with van der Waals surface area (Å²) in [6.45, 7) is 5.96. The van der Waals surface area contributed by atoms with Crippen LogP contribution in [0.4, 0.5) is 0 Å². The smallest absolute Gasteiger partial charge is 0.343 e. The highest BCUT2D eigenvalue weighted by molar-refractivity contribution is 6.20. The van der Waals surface area contributed by atoms with Crippen molar-refractivity contribution in [1.29, 1.82) is 0 Å². The predicted molar refractivity (Wildman–Crippen MR) is 87.3 cm³/mol. The summed E-state index contributed by atoms with van der Waals surface area (Å²) in [6, 6.07) is 3.96. The van der Waals surface area contributed by atoms with Crippen LogP contribution in [-0.4, -0.2) is 29.5 Å². The highest BCUT2D eigenvalue weighted by Gasteiger charge is 2.52. The van der Waals surface area contributed by atoms with Gasteiger partial charge in [0.2, 0.25) is 0 Å². The van der Waals surface area contributed by atoms with Crippen LogP contribution in [0.3, 0.4) is 0 Å². The zero-order valence-corrected chi connectivity index (χ0v) is 13.9. The standard InChI is InChI=1S/C18H21NO4/c1-10-7-12(3)14(8-11(10)2)15-16(20)18(23-17(15)21)6-5-13(9-18)19-22-4/h7-8,20H,5-6,9H2,1-4H3/b19-13-. The highest BCUT2D eigenvalue weighted by Crippen LogP contribution is 2.46. The molecule has 1 aromatic rings. The van der Waals surface area contributed by atoms with Crippen LogP contribution in [0.1, 0.15) is 41.5 Å². The number of aliphatic hydroxyl groups is 1. The van der Waals surface area contributed by atoms with Crippen molar-refractivity contribution < 1.29 is 19.5 Å². The quantitative estimate of drug-likeness (QED) is 0.671. The van der Waals surface area contributed by atoms with Crippen molar-refractivity contribution in [3.63, 3.8) is 0 Å². The Morgan fingerprint density at radius 3 is 2.61 bits per heavy atom. The molecule has 1 heterocycles. The van der Waals surface area contributed by atoms with Crippen LogP contribution in [0, 0.1) is 20.8 Å². The second-order valence-electron chi connectivity index (χ2n) is 6.38. The monoisotopic (exact) mass is 315 g/mol. The molecule has 1 spiro atoms. The lowest BCUT2D eigenvalue weighted by Gasteiger charge is -2.21. The largest absolute Gasteiger partial charge is 0.507 e. The molecule has 23 heavy (non-hydrogen) atoms. The third-order valence-electron chi connectivity index (χ3n) is 4.80. The van der Waals surface area contributed by atoms with Gasteiger partial charge in [-0.2, -0.15) is 0 Å². The van der Waals surface area contributed by atoms with Gasteiger partial charge in [0.25, 0.3) is 0 Å². The molecule has 0 amide bonds. The van der Waals surface area contributed by atoms with Gasteiger partial charge in [-0.1, -0.05) is 17.3 Å². The van der Waals surface area contributed by atoms with Crippen LogP contribution in [0.15, 0.2) is 23.0 Å². The van der Waals surface area contributed by atoms with Crippen molar-refractivity contribution in [1.82, 2.24) is 0 Å². The molecule has 122 valence electrons. The first kappa shape index (κ1) is 15.6. The Kier molecular flexibility index (Phi) is 3.66. The van der Waals surface area contributed by atoms with Crippen LogP contribution in [0.2, 0.25) is 0 Å². The van der Waals surface area contributed by atoms with E-state index in [4.69, 9.17) is 9.57 Å². The third-order valence-corrected chi connectivity index (χ3v) is 4.80. The number of aliphatic hydroxyl groups excluding tert-OH is 1. The number of ether oxygens (including phenoxy) is 1. The maximum Gasteiger partial charge on any atom is 0.343 e. The van der Waals surface area contributed by atoms with Crippen molar-refractivity contribution in [3.8, 4) is 0 Å². The zero-order chi connectivity index (χ0) is 16.8. The number of aryl methyl sites for hydroxylation is 3. The lowest BCUT2D eigenvalue weighted by Crippen LogP contribution is -2.28. The molecule has 5 heteroatoms. The van der Waals surface area contributed by atoms with E-state index < -0.39 is 11.6 Å². The van der Waals surface area contributed by atoms with E-state index >= 15 is 0 Å². The molecule has 1 aromatic carbocycles. The Morgan fingerprint density at radius 2 is 1.91 bits per heavy atom. The minimum Gasteiger partial charge on any atom is -0.507 e. The fourth-order valence-electron chi connectivity index (χ4n) is 3.42. The minimum atomic E-state index is -0.977. The van der Waals surface area contributed by atoms with Gasteiger partial charge < -0.3 is 14.7 Å². The van der Waals surface area contributed by atoms with Crippen LogP contribution >= 0.6 is 0 Å². The Labute approximate surface area is 135 Å². The van der Waals surface area contributed by atoms with Crippen molar-refractivity contribution in [3.05, 3.63) is 40.1 Å². The molecule has 1 aliphatic heterocycles. The van der Waals surface area contributed by atoms with Crippen molar-refractivity contribution >= 4 is 17.3 Å². The maximum atomic E-state index is 12.4. The fourth-order valence-corrected chi connectivity index (χ4v) is 3.42. The molecule has 0 bridgehead atoms. The molecule has 1 aliphatic carbocycles. The molecule has 0 saturated heterocycles. The molecule has 2 aliphatic rings. The van der Waals surface area contributed by atoms with Gasteiger partial charge >= 0.3 is 5.97 Å². The van der Waals surface area contributed by atoms with Crippen molar-refractivity contribution in [2.75, 3.05) is 7.11 Å². The van der Waals surface area contributed by atoms with Crippen molar-refractivity contribution in [2.24, 2.45) is 5.16 Å². The molecule has 1 atom stereocenters. The number of benzene rings is 1. The van der Waals surface area contributed by atoms with E-state index in [9.17, 15) is 9.90 Å². The molecule has 0 aromatic heterocycles. The Morgan fingerprint density at radius 1 is 1.22 bits per heavy atom. The molecule has 3 rings (SSSR count). The Hall–Kier alpha value is -2.30. The number of oxime groups is 1.